The van der Waals surface area contributed by atoms with Crippen molar-refractivity contribution in [1.82, 2.24) is 14.8 Å². The smallest absolute Gasteiger partial charge is 0.338 e. The van der Waals surface area contributed by atoms with E-state index in [0.29, 0.717) is 52.1 Å². The molecule has 1 aliphatic heterocycles. The van der Waals surface area contributed by atoms with Crippen LogP contribution in [0.4, 0.5) is 5.95 Å². The van der Waals surface area contributed by atoms with Crippen molar-refractivity contribution in [3.63, 3.8) is 0 Å². The van der Waals surface area contributed by atoms with Gasteiger partial charge in [-0.15, -0.1) is 5.10 Å². The monoisotopic (exact) mass is 560 g/mol. The molecule has 0 bridgehead atoms. The lowest BCUT2D eigenvalue weighted by atomic mass is 9.95. The van der Waals surface area contributed by atoms with Gasteiger partial charge in [0.1, 0.15) is 18.4 Å². The van der Waals surface area contributed by atoms with Gasteiger partial charge in [-0.05, 0) is 48.2 Å². The van der Waals surface area contributed by atoms with Crippen molar-refractivity contribution < 1.29 is 14.3 Å². The number of carbonyl (C=O) groups excluding carboxylic acids is 1. The second kappa shape index (κ2) is 12.4. The number of nitrogens with one attached hydrogen (secondary N) is 1. The number of allylic oxidation sites excluding steroid dienone is 1. The van der Waals surface area contributed by atoms with Crippen LogP contribution in [0.2, 0.25) is 5.02 Å². The molecule has 2 heterocycles. The summed E-state index contributed by atoms with van der Waals surface area (Å²) in [5.74, 6) is 1.49. The molecular formula is C30H29ClN4O3S. The molecule has 1 atom stereocenters. The number of carbonyl (C=O) groups is 1. The van der Waals surface area contributed by atoms with Gasteiger partial charge in [0.25, 0.3) is 0 Å². The fourth-order valence-electron chi connectivity index (χ4n) is 4.31. The predicted octanol–water partition coefficient (Wildman–Crippen LogP) is 7.04. The minimum absolute atomic E-state index is 0.339. The molecule has 5 rings (SSSR count). The first-order valence-corrected chi connectivity index (χ1v) is 14.1. The van der Waals surface area contributed by atoms with Crippen LogP contribution in [0, 0.1) is 0 Å². The third-order valence-corrected chi connectivity index (χ3v) is 7.48. The number of aromatic nitrogens is 3. The van der Waals surface area contributed by atoms with E-state index in [4.69, 9.17) is 31.2 Å². The Morgan fingerprint density at radius 3 is 2.67 bits per heavy atom. The highest BCUT2D eigenvalue weighted by Crippen LogP contribution is 2.38. The first kappa shape index (κ1) is 26.8. The first-order valence-electron chi connectivity index (χ1n) is 12.8. The second-order valence-corrected chi connectivity index (χ2v) is 10.4. The molecule has 0 radical (unpaired) electrons. The SMILES string of the molecule is CCCOC(=O)C1=C(C)Nc2nc(SCc3ccccc3Cl)nn2C1c1cccc(OCc2ccccc2)c1. The fourth-order valence-corrected chi connectivity index (χ4v) is 5.43. The van der Waals surface area contributed by atoms with E-state index in [9.17, 15) is 4.79 Å². The number of hydrogen-bond donors (Lipinski definition) is 1. The molecule has 1 aliphatic rings. The lowest BCUT2D eigenvalue weighted by Crippen LogP contribution is -2.29. The van der Waals surface area contributed by atoms with Crippen molar-refractivity contribution in [3.8, 4) is 5.75 Å². The molecule has 200 valence electrons. The second-order valence-electron chi connectivity index (χ2n) is 9.09. The minimum Gasteiger partial charge on any atom is -0.489 e. The quantitative estimate of drug-likeness (QED) is 0.164. The van der Waals surface area contributed by atoms with Crippen LogP contribution in [-0.4, -0.2) is 27.3 Å². The van der Waals surface area contributed by atoms with Crippen molar-refractivity contribution in [2.75, 3.05) is 11.9 Å². The Labute approximate surface area is 237 Å². The topological polar surface area (TPSA) is 78.3 Å². The van der Waals surface area contributed by atoms with Crippen molar-refractivity contribution in [1.29, 1.82) is 0 Å². The van der Waals surface area contributed by atoms with Gasteiger partial charge in [-0.2, -0.15) is 4.98 Å². The number of fused-ring (bicyclic) bond motifs is 1. The Kier molecular flexibility index (Phi) is 8.54. The maximum atomic E-state index is 13.3. The van der Waals surface area contributed by atoms with Crippen LogP contribution in [0.3, 0.4) is 0 Å². The summed E-state index contributed by atoms with van der Waals surface area (Å²) in [7, 11) is 0. The Morgan fingerprint density at radius 2 is 1.87 bits per heavy atom. The maximum Gasteiger partial charge on any atom is 0.338 e. The molecule has 0 amide bonds. The van der Waals surface area contributed by atoms with Gasteiger partial charge in [0.2, 0.25) is 11.1 Å². The highest BCUT2D eigenvalue weighted by molar-refractivity contribution is 7.98. The van der Waals surface area contributed by atoms with Crippen LogP contribution in [0.15, 0.2) is 95.3 Å². The van der Waals surface area contributed by atoms with Crippen molar-refractivity contribution in [2.45, 2.75) is 43.8 Å². The lowest BCUT2D eigenvalue weighted by molar-refractivity contribution is -0.139. The third kappa shape index (κ3) is 6.29. The van der Waals surface area contributed by atoms with E-state index in [1.807, 2.05) is 92.7 Å². The summed E-state index contributed by atoms with van der Waals surface area (Å²) in [6.07, 6.45) is 0.733. The van der Waals surface area contributed by atoms with Gasteiger partial charge in [0, 0.05) is 16.5 Å². The van der Waals surface area contributed by atoms with Gasteiger partial charge >= 0.3 is 5.97 Å². The van der Waals surface area contributed by atoms with E-state index in [1.165, 1.54) is 11.8 Å². The number of hydrogen-bond acceptors (Lipinski definition) is 7. The van der Waals surface area contributed by atoms with E-state index >= 15 is 0 Å². The van der Waals surface area contributed by atoms with E-state index in [2.05, 4.69) is 5.32 Å². The number of ether oxygens (including phenoxy) is 2. The summed E-state index contributed by atoms with van der Waals surface area (Å²) in [6, 6.07) is 24.9. The highest BCUT2D eigenvalue weighted by atomic mass is 35.5. The normalized spacial score (nSPS) is 14.5. The molecule has 0 saturated carbocycles. The number of rotatable bonds is 10. The average molecular weight is 561 g/mol. The molecule has 0 saturated heterocycles. The zero-order valence-corrected chi connectivity index (χ0v) is 23.3. The number of anilines is 1. The van der Waals surface area contributed by atoms with E-state index in [-0.39, 0.29) is 5.97 Å². The summed E-state index contributed by atoms with van der Waals surface area (Å²) in [6.45, 7) is 4.61. The predicted molar refractivity (Wildman–Crippen MR) is 154 cm³/mol. The van der Waals surface area contributed by atoms with Crippen LogP contribution in [0.1, 0.15) is 43.0 Å². The Balaban J connectivity index is 1.46. The number of thioether (sulfide) groups is 1. The molecule has 7 nitrogen and oxygen atoms in total. The number of esters is 1. The summed E-state index contributed by atoms with van der Waals surface area (Å²) in [5, 5.41) is 9.34. The Hall–Kier alpha value is -3.75. The average Bonchev–Trinajstić information content (AvgIpc) is 3.36. The molecular weight excluding hydrogens is 532 g/mol. The summed E-state index contributed by atoms with van der Waals surface area (Å²) < 4.78 is 13.4. The lowest BCUT2D eigenvalue weighted by Gasteiger charge is -2.28. The standard InChI is InChI=1S/C30H29ClN4O3S/c1-3-16-37-28(36)26-20(2)32-29-33-30(39-19-23-12-7-8-15-25(23)31)34-35(29)27(26)22-13-9-14-24(17-22)38-18-21-10-5-4-6-11-21/h4-15,17,27H,3,16,18-19H2,1-2H3,(H,32,33,34). The summed E-state index contributed by atoms with van der Waals surface area (Å²) in [5.41, 5.74) is 4.09. The van der Waals surface area contributed by atoms with Crippen LogP contribution in [0.5, 0.6) is 5.75 Å². The van der Waals surface area contributed by atoms with Crippen LogP contribution >= 0.6 is 23.4 Å². The fraction of sp³-hybridized carbons (Fsp3) is 0.233. The van der Waals surface area contributed by atoms with Gasteiger partial charge in [-0.25, -0.2) is 9.48 Å². The van der Waals surface area contributed by atoms with Crippen molar-refractivity contribution in [3.05, 3.63) is 112 Å². The van der Waals surface area contributed by atoms with Crippen LogP contribution in [0.25, 0.3) is 0 Å². The Bertz CT molecular complexity index is 1490. The molecule has 4 aromatic rings. The van der Waals surface area contributed by atoms with Crippen LogP contribution in [-0.2, 0) is 21.9 Å². The van der Waals surface area contributed by atoms with Crippen LogP contribution < -0.4 is 10.1 Å². The first-order chi connectivity index (χ1) is 19.0. The number of nitrogens with zero attached hydrogens (tertiary/aromatic N) is 3. The van der Waals surface area contributed by atoms with E-state index in [0.717, 1.165) is 23.1 Å². The molecule has 1 N–H and O–H groups in total. The molecule has 0 spiro atoms. The molecule has 0 fully saturated rings. The van der Waals surface area contributed by atoms with Gasteiger partial charge in [0.05, 0.1) is 12.2 Å². The molecule has 3 aromatic carbocycles. The zero-order valence-electron chi connectivity index (χ0n) is 21.8. The van der Waals surface area contributed by atoms with E-state index < -0.39 is 6.04 Å². The largest absolute Gasteiger partial charge is 0.489 e. The van der Waals surface area contributed by atoms with Crippen molar-refractivity contribution in [2.24, 2.45) is 0 Å². The molecule has 9 heteroatoms. The van der Waals surface area contributed by atoms with Gasteiger partial charge in [-0.3, -0.25) is 0 Å². The maximum absolute atomic E-state index is 13.3. The molecule has 1 unspecified atom stereocenters. The number of halogens is 1. The summed E-state index contributed by atoms with van der Waals surface area (Å²) >= 11 is 7.83. The molecule has 39 heavy (non-hydrogen) atoms. The van der Waals surface area contributed by atoms with Crippen molar-refractivity contribution >= 4 is 35.3 Å². The zero-order chi connectivity index (χ0) is 27.2. The van der Waals surface area contributed by atoms with Gasteiger partial charge in [0.15, 0.2) is 0 Å². The minimum atomic E-state index is -0.534. The Morgan fingerprint density at radius 1 is 1.08 bits per heavy atom. The van der Waals surface area contributed by atoms with E-state index in [1.54, 1.807) is 4.68 Å². The molecule has 1 aromatic heterocycles. The number of benzene rings is 3. The molecule has 0 aliphatic carbocycles. The highest BCUT2D eigenvalue weighted by Gasteiger charge is 2.35. The van der Waals surface area contributed by atoms with Gasteiger partial charge in [-0.1, -0.05) is 91.0 Å². The summed E-state index contributed by atoms with van der Waals surface area (Å²) in [4.78, 5) is 18.0. The third-order valence-electron chi connectivity index (χ3n) is 6.23. The van der Waals surface area contributed by atoms with Gasteiger partial charge < -0.3 is 14.8 Å².